The van der Waals surface area contributed by atoms with E-state index in [1.165, 1.54) is 213 Å². The summed E-state index contributed by atoms with van der Waals surface area (Å²) < 4.78 is 10.2. The van der Waals surface area contributed by atoms with Gasteiger partial charge >= 0.3 is 0 Å². The van der Waals surface area contributed by atoms with Crippen molar-refractivity contribution in [3.05, 3.63) is 391 Å². The number of hydrogen-bond donors (Lipinski definition) is 5. The van der Waals surface area contributed by atoms with Gasteiger partial charge in [-0.2, -0.15) is 0 Å². The van der Waals surface area contributed by atoms with Gasteiger partial charge in [0, 0.05) is 205 Å². The molecular formula is C115H100Ir5N5O10S5-5. The minimum atomic E-state index is -0.125. The number of carbonyl (C=O) groups excluding carboxylic acids is 5. The van der Waals surface area contributed by atoms with Gasteiger partial charge in [0.2, 0.25) is 0 Å². The number of ketones is 5. The van der Waals surface area contributed by atoms with Crippen LogP contribution < -0.4 is 0 Å². The first-order valence-electron chi connectivity index (χ1n) is 42.9. The average molecular weight is 2830 g/mol. The molecular weight excluding hydrogens is 2730 g/mol. The molecule has 0 aliphatic rings. The largest absolute Gasteiger partial charge is 0.512 e. The third-order valence-electron chi connectivity index (χ3n) is 19.5. The van der Waals surface area contributed by atoms with Gasteiger partial charge in [0.25, 0.3) is 0 Å². The SMILES string of the molecule is CC(=O)C=C(C)O.CC(=O)C=C(C)O.CC(=O)C=C(C)O.CC(=O)C=C(C)O.CC(=O)C=C(C)O.Cc1[c-]c(-c2ccc3c(n2)sc2ccccc23)cc(C)c1.Cc1cc[c-]c(-c2cc3c(cn2)sc2ccccc23)c1.Cc1cc[c-]c(-c2ccc3c(n2)sc2ccccc23)c1.Cc1cc[c-]c(-c2nccc3c2sc2ccccc23)c1.[Ir].[Ir].[Ir].[Ir].[Ir].[c-]1ccccc1-c1cc2c(cn1)sc1ccccc12. The van der Waals surface area contributed by atoms with E-state index < -0.39 is 0 Å². The minimum absolute atomic E-state index is 0. The van der Waals surface area contributed by atoms with Gasteiger partial charge < -0.3 is 40.5 Å². The number of pyridine rings is 5. The number of hydrogen-bond acceptors (Lipinski definition) is 20. The number of carbonyl (C=O) groups is 5. The second-order valence-electron chi connectivity index (χ2n) is 31.6. The maximum atomic E-state index is 10.0. The van der Waals surface area contributed by atoms with Gasteiger partial charge in [-0.25, -0.2) is 0 Å². The van der Waals surface area contributed by atoms with Crippen molar-refractivity contribution in [2.45, 2.75) is 104 Å². The summed E-state index contributed by atoms with van der Waals surface area (Å²) >= 11 is 8.90. The predicted molar refractivity (Wildman–Crippen MR) is 566 cm³/mol. The molecule has 0 unspecified atom stereocenters. The van der Waals surface area contributed by atoms with E-state index in [9.17, 15) is 24.0 Å². The minimum Gasteiger partial charge on any atom is -0.512 e. The molecule has 0 saturated carbocycles. The smallest absolute Gasteiger partial charge is 0.155 e. The van der Waals surface area contributed by atoms with Gasteiger partial charge in [-0.05, 0) is 161 Å². The Labute approximate surface area is 903 Å². The predicted octanol–water partition coefficient (Wildman–Crippen LogP) is 31.3. The molecule has 0 aliphatic heterocycles. The first kappa shape index (κ1) is 117. The number of fused-ring (bicyclic) bond motifs is 15. The van der Waals surface area contributed by atoms with Crippen molar-refractivity contribution in [2.24, 2.45) is 0 Å². The topological polar surface area (TPSA) is 251 Å². The number of allylic oxidation sites excluding steroid dienone is 10. The van der Waals surface area contributed by atoms with Crippen LogP contribution in [0.5, 0.6) is 0 Å². The number of rotatable bonds is 10. The van der Waals surface area contributed by atoms with Crippen molar-refractivity contribution in [3.8, 4) is 56.3 Å². The summed E-state index contributed by atoms with van der Waals surface area (Å²) in [6.45, 7) is 24.7. The molecule has 0 bridgehead atoms. The zero-order valence-corrected chi connectivity index (χ0v) is 95.1. The van der Waals surface area contributed by atoms with E-state index in [0.717, 1.165) is 71.5 Å². The Morgan fingerprint density at radius 1 is 0.271 bits per heavy atom. The molecule has 5 N–H and O–H groups in total. The molecule has 25 heteroatoms. The van der Waals surface area contributed by atoms with Crippen LogP contribution in [0.3, 0.4) is 0 Å². The maximum absolute atomic E-state index is 10.0. The van der Waals surface area contributed by atoms with Gasteiger partial charge in [0.15, 0.2) is 28.9 Å². The molecule has 10 aromatic heterocycles. The Morgan fingerprint density at radius 2 is 0.593 bits per heavy atom. The van der Waals surface area contributed by atoms with Crippen LogP contribution in [-0.4, -0.2) is 79.4 Å². The van der Waals surface area contributed by atoms with Crippen molar-refractivity contribution < 1.29 is 150 Å². The quantitative estimate of drug-likeness (QED) is 0.0485. The molecule has 140 heavy (non-hydrogen) atoms. The van der Waals surface area contributed by atoms with E-state index in [0.29, 0.717) is 0 Å². The Hall–Kier alpha value is -11.7. The summed E-state index contributed by atoms with van der Waals surface area (Å²) in [6, 6.07) is 105. The number of aliphatic hydroxyl groups excluding tert-OH is 5. The van der Waals surface area contributed by atoms with Gasteiger partial charge in [-0.3, -0.25) is 33.9 Å². The van der Waals surface area contributed by atoms with E-state index in [2.05, 4.69) is 292 Å². The molecule has 10 heterocycles. The summed E-state index contributed by atoms with van der Waals surface area (Å²) in [5.41, 5.74) is 16.4. The molecule has 0 saturated heterocycles. The third kappa shape index (κ3) is 34.7. The second kappa shape index (κ2) is 57.3. The Morgan fingerprint density at radius 3 is 0.957 bits per heavy atom. The number of aryl methyl sites for hydroxylation is 5. The molecule has 5 radical (unpaired) electrons. The Balaban J connectivity index is 0.000000245. The van der Waals surface area contributed by atoms with E-state index in [1.807, 2.05) is 61.1 Å². The number of aromatic nitrogens is 5. The second-order valence-corrected chi connectivity index (χ2v) is 36.9. The molecule has 0 amide bonds. The van der Waals surface area contributed by atoms with E-state index in [4.69, 9.17) is 35.5 Å². The fourth-order valence-electron chi connectivity index (χ4n) is 14.1. The number of nitrogens with zero attached hydrogens (tertiary/aromatic N) is 5. The first-order chi connectivity index (χ1) is 64.7. The van der Waals surface area contributed by atoms with Crippen molar-refractivity contribution in [3.63, 3.8) is 0 Å². The molecule has 0 aliphatic carbocycles. The summed E-state index contributed by atoms with van der Waals surface area (Å²) in [6.07, 6.45) is 11.7. The van der Waals surface area contributed by atoms with Gasteiger partial charge in [0.05, 0.1) is 38.2 Å². The van der Waals surface area contributed by atoms with Gasteiger partial charge in [-0.1, -0.05) is 162 Å². The average Bonchev–Trinajstić information content (AvgIpc) is 1.37. The standard InChI is InChI=1S/C19H14NS.3C18H12NS.C17H10NS.5C5H8O2.5Ir/c1-12-9-13(2)11-14(10-12)17-8-7-16-15-5-3-4-6-18(15)21-19(16)20-17;1-12-5-4-6-13(9-12)16-10-15-14-7-2-3-8-17(14)20-18(15)11-19-16;1-12-5-4-6-13(11-12)16-10-9-15-14-7-2-3-8-17(14)20-18(15)19-16;1-12-5-4-6-13(11-12)17-18-15(9-10-19-17)14-7-2-3-8-16(14)20-18;1-2-6-12(7-3-1)15-10-14-13-8-4-5-9-16(13)19-17(14)11-18-15;5*1-4(6)3-5(2)7;;;;;/h3-10H,1-2H3;3*2-5,7-11H,1H3;1-6,8-11H;5*3,6H,1-2H3;;;;;/q5*-1;;;;;;;;;;. The fraction of sp³-hybridized carbons (Fsp3) is 0.130. The van der Waals surface area contributed by atoms with Gasteiger partial charge in [0.1, 0.15) is 9.66 Å². The fourth-order valence-corrected chi connectivity index (χ4v) is 19.6. The van der Waals surface area contributed by atoms with Crippen molar-refractivity contribution in [2.75, 3.05) is 0 Å². The van der Waals surface area contributed by atoms with E-state index >= 15 is 0 Å². The summed E-state index contributed by atoms with van der Waals surface area (Å²) in [5, 5.41) is 54.6. The number of aliphatic hydroxyl groups is 5. The van der Waals surface area contributed by atoms with E-state index in [-0.39, 0.29) is 158 Å². The van der Waals surface area contributed by atoms with Crippen LogP contribution >= 0.6 is 56.7 Å². The number of benzene rings is 10. The molecule has 20 rings (SSSR count). The normalized spacial score (nSPS) is 10.9. The summed E-state index contributed by atoms with van der Waals surface area (Å²) in [5.74, 6) is -0.312. The van der Waals surface area contributed by atoms with Crippen molar-refractivity contribution in [1.82, 2.24) is 24.9 Å². The monoisotopic (exact) mass is 2840 g/mol. The van der Waals surface area contributed by atoms with Crippen LogP contribution in [0.25, 0.3) is 157 Å². The zero-order valence-electron chi connectivity index (χ0n) is 79.1. The van der Waals surface area contributed by atoms with Crippen LogP contribution in [0.1, 0.15) is 97.1 Å². The summed E-state index contributed by atoms with van der Waals surface area (Å²) in [7, 11) is 0. The van der Waals surface area contributed by atoms with Gasteiger partial charge in [-0.15, -0.1) is 234 Å². The van der Waals surface area contributed by atoms with Crippen molar-refractivity contribution in [1.29, 1.82) is 0 Å². The Bertz CT molecular complexity index is 7630. The molecule has 10 aromatic carbocycles. The Kier molecular flexibility index (Phi) is 47.9. The van der Waals surface area contributed by atoms with Crippen LogP contribution in [-0.2, 0) is 124 Å². The van der Waals surface area contributed by atoms with Crippen LogP contribution in [0.15, 0.2) is 333 Å². The van der Waals surface area contributed by atoms with Crippen LogP contribution in [0, 0.1) is 65.0 Å². The molecule has 20 aromatic rings. The molecule has 0 spiro atoms. The number of thiophene rings is 5. The summed E-state index contributed by atoms with van der Waals surface area (Å²) in [4.78, 5) is 75.7. The molecule has 15 nitrogen and oxygen atoms in total. The first-order valence-corrected chi connectivity index (χ1v) is 47.0. The molecule has 0 atom stereocenters. The van der Waals surface area contributed by atoms with Crippen molar-refractivity contribution >= 4 is 187 Å². The molecule has 0 fully saturated rings. The molecule has 725 valence electrons. The van der Waals surface area contributed by atoms with E-state index in [1.54, 1.807) is 56.7 Å². The third-order valence-corrected chi connectivity index (χ3v) is 25.1. The zero-order chi connectivity index (χ0) is 96.9. The maximum Gasteiger partial charge on any atom is 0.155 e. The van der Waals surface area contributed by atoms with Crippen LogP contribution in [0.2, 0.25) is 0 Å². The van der Waals surface area contributed by atoms with Crippen LogP contribution in [0.4, 0.5) is 0 Å².